The van der Waals surface area contributed by atoms with E-state index in [0.29, 0.717) is 36.1 Å². The minimum absolute atomic E-state index is 0.352. The third-order valence-corrected chi connectivity index (χ3v) is 3.94. The minimum Gasteiger partial charge on any atom is -0.490 e. The van der Waals surface area contributed by atoms with Gasteiger partial charge in [-0.3, -0.25) is 0 Å². The van der Waals surface area contributed by atoms with Crippen molar-refractivity contribution in [3.8, 4) is 22.9 Å². The molecule has 1 heterocycles. The zero-order valence-electron chi connectivity index (χ0n) is 12.9. The van der Waals surface area contributed by atoms with Gasteiger partial charge in [-0.15, -0.1) is 0 Å². The van der Waals surface area contributed by atoms with Crippen LogP contribution in [0.15, 0.2) is 30.6 Å². The molecule has 6 nitrogen and oxygen atoms in total. The Balaban J connectivity index is 2.45. The van der Waals surface area contributed by atoms with E-state index in [1.165, 1.54) is 12.4 Å². The number of aromatic nitrogens is 2. The van der Waals surface area contributed by atoms with Crippen molar-refractivity contribution in [1.29, 1.82) is 0 Å². The molecule has 0 radical (unpaired) electrons. The van der Waals surface area contributed by atoms with Crippen molar-refractivity contribution < 1.29 is 17.9 Å². The molecule has 0 N–H and O–H groups in total. The van der Waals surface area contributed by atoms with Gasteiger partial charge < -0.3 is 9.47 Å². The SMILES string of the molecule is CCCOc1ccc(-c2nccn2S(C)(=O)=O)cc1OCC. The molecule has 0 atom stereocenters. The molecule has 0 aliphatic heterocycles. The molecule has 0 amide bonds. The van der Waals surface area contributed by atoms with Gasteiger partial charge >= 0.3 is 0 Å². The van der Waals surface area contributed by atoms with Crippen LogP contribution in [0.4, 0.5) is 0 Å². The van der Waals surface area contributed by atoms with E-state index in [4.69, 9.17) is 9.47 Å². The molecule has 2 rings (SSSR count). The lowest BCUT2D eigenvalue weighted by Gasteiger charge is -2.13. The number of nitrogens with zero attached hydrogens (tertiary/aromatic N) is 2. The Bertz CT molecular complexity index is 738. The fourth-order valence-electron chi connectivity index (χ4n) is 2.01. The van der Waals surface area contributed by atoms with E-state index in [0.717, 1.165) is 16.6 Å². The highest BCUT2D eigenvalue weighted by Gasteiger charge is 2.15. The fourth-order valence-corrected chi connectivity index (χ4v) is 2.75. The first-order valence-electron chi connectivity index (χ1n) is 7.11. The van der Waals surface area contributed by atoms with Crippen molar-refractivity contribution in [2.75, 3.05) is 19.5 Å². The Labute approximate surface area is 130 Å². The second kappa shape index (κ2) is 6.83. The first kappa shape index (κ1) is 16.4. The molecule has 0 bridgehead atoms. The zero-order chi connectivity index (χ0) is 16.2. The smallest absolute Gasteiger partial charge is 0.237 e. The van der Waals surface area contributed by atoms with Gasteiger partial charge in [-0.05, 0) is 31.5 Å². The van der Waals surface area contributed by atoms with Gasteiger partial charge in [-0.1, -0.05) is 6.92 Å². The van der Waals surface area contributed by atoms with Gasteiger partial charge in [0, 0.05) is 18.0 Å². The summed E-state index contributed by atoms with van der Waals surface area (Å²) in [6.07, 6.45) is 4.91. The van der Waals surface area contributed by atoms with Gasteiger partial charge in [-0.2, -0.15) is 0 Å². The highest BCUT2D eigenvalue weighted by Crippen LogP contribution is 2.32. The average molecular weight is 324 g/mol. The van der Waals surface area contributed by atoms with Gasteiger partial charge in [0.2, 0.25) is 10.0 Å². The predicted octanol–water partition coefficient (Wildman–Crippen LogP) is 2.55. The summed E-state index contributed by atoms with van der Waals surface area (Å²) in [5.41, 5.74) is 0.655. The molecule has 22 heavy (non-hydrogen) atoms. The third kappa shape index (κ3) is 3.59. The largest absolute Gasteiger partial charge is 0.490 e. The quantitative estimate of drug-likeness (QED) is 0.783. The first-order valence-corrected chi connectivity index (χ1v) is 8.96. The van der Waals surface area contributed by atoms with Crippen LogP contribution in [0.2, 0.25) is 0 Å². The Hall–Kier alpha value is -2.02. The van der Waals surface area contributed by atoms with Crippen LogP contribution >= 0.6 is 0 Å². The zero-order valence-corrected chi connectivity index (χ0v) is 13.8. The number of hydrogen-bond acceptors (Lipinski definition) is 5. The van der Waals surface area contributed by atoms with Gasteiger partial charge in [0.1, 0.15) is 0 Å². The molecular weight excluding hydrogens is 304 g/mol. The van der Waals surface area contributed by atoms with Crippen LogP contribution in [0.1, 0.15) is 20.3 Å². The topological polar surface area (TPSA) is 70.4 Å². The fraction of sp³-hybridized carbons (Fsp3) is 0.400. The van der Waals surface area contributed by atoms with Crippen LogP contribution in [-0.4, -0.2) is 36.8 Å². The summed E-state index contributed by atoms with van der Waals surface area (Å²) in [4.78, 5) is 4.13. The summed E-state index contributed by atoms with van der Waals surface area (Å²) in [5.74, 6) is 1.58. The Morgan fingerprint density at radius 2 is 1.95 bits per heavy atom. The normalized spacial score (nSPS) is 11.4. The number of ether oxygens (including phenoxy) is 2. The Kier molecular flexibility index (Phi) is 5.07. The Morgan fingerprint density at radius 1 is 1.18 bits per heavy atom. The van der Waals surface area contributed by atoms with E-state index in [1.807, 2.05) is 13.8 Å². The molecule has 0 aliphatic rings. The lowest BCUT2D eigenvalue weighted by Crippen LogP contribution is -2.10. The summed E-state index contributed by atoms with van der Waals surface area (Å²) >= 11 is 0. The second-order valence-corrected chi connectivity index (χ2v) is 6.61. The van der Waals surface area contributed by atoms with Crippen molar-refractivity contribution in [2.45, 2.75) is 20.3 Å². The lowest BCUT2D eigenvalue weighted by molar-refractivity contribution is 0.277. The van der Waals surface area contributed by atoms with E-state index in [-0.39, 0.29) is 0 Å². The van der Waals surface area contributed by atoms with E-state index in [2.05, 4.69) is 4.98 Å². The lowest BCUT2D eigenvalue weighted by atomic mass is 10.2. The minimum atomic E-state index is -3.41. The summed E-state index contributed by atoms with van der Waals surface area (Å²) in [6.45, 7) is 5.00. The van der Waals surface area contributed by atoms with Crippen LogP contribution in [0.3, 0.4) is 0 Å². The molecule has 0 unspecified atom stereocenters. The number of rotatable bonds is 7. The molecule has 2 aromatic rings. The maximum absolute atomic E-state index is 11.8. The molecule has 1 aromatic carbocycles. The monoisotopic (exact) mass is 324 g/mol. The van der Waals surface area contributed by atoms with Crippen molar-refractivity contribution in [3.63, 3.8) is 0 Å². The summed E-state index contributed by atoms with van der Waals surface area (Å²) < 4.78 is 35.9. The molecule has 0 saturated carbocycles. The van der Waals surface area contributed by atoms with Crippen molar-refractivity contribution in [1.82, 2.24) is 8.96 Å². The molecule has 0 aliphatic carbocycles. The van der Waals surface area contributed by atoms with E-state index in [9.17, 15) is 8.42 Å². The Morgan fingerprint density at radius 3 is 2.59 bits per heavy atom. The maximum Gasteiger partial charge on any atom is 0.237 e. The van der Waals surface area contributed by atoms with Crippen molar-refractivity contribution in [2.24, 2.45) is 0 Å². The summed E-state index contributed by atoms with van der Waals surface area (Å²) in [6, 6.07) is 5.30. The molecule has 0 spiro atoms. The van der Waals surface area contributed by atoms with Crippen molar-refractivity contribution >= 4 is 10.0 Å². The number of benzene rings is 1. The van der Waals surface area contributed by atoms with Crippen LogP contribution in [0.5, 0.6) is 11.5 Å². The highest BCUT2D eigenvalue weighted by atomic mass is 32.2. The standard InChI is InChI=1S/C15H20N2O4S/c1-4-10-21-13-7-6-12(11-14(13)20-5-2)15-16-8-9-17(15)22(3,18)19/h6-9,11H,4-5,10H2,1-3H3. The molecule has 0 fully saturated rings. The van der Waals surface area contributed by atoms with Gasteiger partial charge in [-0.25, -0.2) is 17.4 Å². The molecule has 1 aromatic heterocycles. The molecule has 0 saturated heterocycles. The van der Waals surface area contributed by atoms with Gasteiger partial charge in [0.05, 0.1) is 19.5 Å². The highest BCUT2D eigenvalue weighted by molar-refractivity contribution is 7.89. The summed E-state index contributed by atoms with van der Waals surface area (Å²) in [7, 11) is -3.41. The summed E-state index contributed by atoms with van der Waals surface area (Å²) in [5, 5.41) is 0. The van der Waals surface area contributed by atoms with Crippen LogP contribution in [-0.2, 0) is 10.0 Å². The molecular formula is C15H20N2O4S. The van der Waals surface area contributed by atoms with Crippen LogP contribution < -0.4 is 9.47 Å². The molecule has 120 valence electrons. The van der Waals surface area contributed by atoms with Gasteiger partial charge in [0.15, 0.2) is 17.3 Å². The van der Waals surface area contributed by atoms with Gasteiger partial charge in [0.25, 0.3) is 0 Å². The number of imidazole rings is 1. The first-order chi connectivity index (χ1) is 10.5. The van der Waals surface area contributed by atoms with Crippen LogP contribution in [0, 0.1) is 0 Å². The van der Waals surface area contributed by atoms with E-state index < -0.39 is 10.0 Å². The predicted molar refractivity (Wildman–Crippen MR) is 84.9 cm³/mol. The molecule has 7 heteroatoms. The van der Waals surface area contributed by atoms with Crippen molar-refractivity contribution in [3.05, 3.63) is 30.6 Å². The third-order valence-electron chi connectivity index (χ3n) is 2.93. The van der Waals surface area contributed by atoms with Crippen LogP contribution in [0.25, 0.3) is 11.4 Å². The average Bonchev–Trinajstić information content (AvgIpc) is 2.96. The number of hydrogen-bond donors (Lipinski definition) is 0. The second-order valence-electron chi connectivity index (χ2n) is 4.75. The van der Waals surface area contributed by atoms with E-state index in [1.54, 1.807) is 18.2 Å². The maximum atomic E-state index is 11.8. The van der Waals surface area contributed by atoms with E-state index >= 15 is 0 Å².